The van der Waals surface area contributed by atoms with Gasteiger partial charge >= 0.3 is 0 Å². The largest absolute Gasteiger partial charge is 0.303 e. The normalized spacial score (nSPS) is 23.3. The maximum atomic E-state index is 5.96. The fraction of sp³-hybridized carbons (Fsp3) is 1.00. The van der Waals surface area contributed by atoms with Crippen molar-refractivity contribution in [2.75, 3.05) is 25.5 Å². The first-order valence-electron chi connectivity index (χ1n) is 5.48. The van der Waals surface area contributed by atoms with E-state index in [0.717, 1.165) is 5.88 Å². The monoisotopic (exact) mass is 203 g/mol. The predicted molar refractivity (Wildman–Crippen MR) is 59.4 cm³/mol. The van der Waals surface area contributed by atoms with Gasteiger partial charge in [-0.25, -0.2) is 0 Å². The second kappa shape index (κ2) is 5.21. The Labute approximate surface area is 87.4 Å². The molecule has 0 atom stereocenters. The van der Waals surface area contributed by atoms with Crippen molar-refractivity contribution in [2.45, 2.75) is 39.5 Å². The Kier molecular flexibility index (Phi) is 4.54. The van der Waals surface area contributed by atoms with Gasteiger partial charge in [0.05, 0.1) is 0 Å². The minimum Gasteiger partial charge on any atom is -0.303 e. The summed E-state index contributed by atoms with van der Waals surface area (Å²) >= 11 is 5.96. The molecule has 0 spiro atoms. The Morgan fingerprint density at radius 2 is 1.92 bits per heavy atom. The molecule has 2 heteroatoms. The van der Waals surface area contributed by atoms with Crippen molar-refractivity contribution in [1.82, 2.24) is 4.90 Å². The summed E-state index contributed by atoms with van der Waals surface area (Å²) in [6.07, 6.45) is 5.21. The van der Waals surface area contributed by atoms with E-state index in [4.69, 9.17) is 11.6 Å². The van der Waals surface area contributed by atoms with Crippen molar-refractivity contribution >= 4 is 11.6 Å². The summed E-state index contributed by atoms with van der Waals surface area (Å²) in [5, 5.41) is 0. The maximum absolute atomic E-state index is 5.96. The molecule has 0 aromatic heterocycles. The van der Waals surface area contributed by atoms with E-state index in [1.807, 2.05) is 0 Å². The lowest BCUT2D eigenvalue weighted by molar-refractivity contribution is 0.134. The van der Waals surface area contributed by atoms with Gasteiger partial charge in [0.15, 0.2) is 0 Å². The Balaban J connectivity index is 2.22. The molecule has 1 nitrogen and oxygen atoms in total. The van der Waals surface area contributed by atoms with Crippen LogP contribution in [0.25, 0.3) is 0 Å². The van der Waals surface area contributed by atoms with Crippen LogP contribution in [-0.4, -0.2) is 30.4 Å². The van der Waals surface area contributed by atoms with Gasteiger partial charge in [-0.1, -0.05) is 20.3 Å². The van der Waals surface area contributed by atoms with Crippen LogP contribution in [0, 0.1) is 5.41 Å². The van der Waals surface area contributed by atoms with E-state index in [0.29, 0.717) is 5.41 Å². The second-order valence-corrected chi connectivity index (χ2v) is 4.91. The van der Waals surface area contributed by atoms with Gasteiger partial charge in [-0.2, -0.15) is 0 Å². The molecule has 0 bridgehead atoms. The third kappa shape index (κ3) is 3.47. The molecule has 13 heavy (non-hydrogen) atoms. The molecule has 0 aromatic carbocycles. The quantitative estimate of drug-likeness (QED) is 0.635. The molecular weight excluding hydrogens is 182 g/mol. The molecule has 0 amide bonds. The number of rotatable bonds is 4. The lowest BCUT2D eigenvalue weighted by atomic mass is 9.82. The van der Waals surface area contributed by atoms with Crippen LogP contribution in [0.5, 0.6) is 0 Å². The van der Waals surface area contributed by atoms with E-state index in [-0.39, 0.29) is 0 Å². The molecule has 1 heterocycles. The number of hydrogen-bond donors (Lipinski definition) is 0. The molecule has 0 saturated carbocycles. The van der Waals surface area contributed by atoms with Gasteiger partial charge in [0.25, 0.3) is 0 Å². The zero-order valence-corrected chi connectivity index (χ0v) is 9.74. The Morgan fingerprint density at radius 3 is 2.38 bits per heavy atom. The summed E-state index contributed by atoms with van der Waals surface area (Å²) < 4.78 is 0. The number of unbranched alkanes of at least 4 members (excludes halogenated alkanes) is 1. The molecule has 1 rings (SSSR count). The molecule has 1 aliphatic rings. The summed E-state index contributed by atoms with van der Waals surface area (Å²) in [4.78, 5) is 2.58. The molecule has 1 fully saturated rings. The average Bonchev–Trinajstić information content (AvgIpc) is 2.17. The van der Waals surface area contributed by atoms with Gasteiger partial charge in [0.2, 0.25) is 0 Å². The highest BCUT2D eigenvalue weighted by Gasteiger charge is 2.28. The van der Waals surface area contributed by atoms with Gasteiger partial charge in [0, 0.05) is 5.88 Å². The van der Waals surface area contributed by atoms with Gasteiger partial charge in [-0.15, -0.1) is 11.6 Å². The van der Waals surface area contributed by atoms with Crippen LogP contribution in [0.15, 0.2) is 0 Å². The van der Waals surface area contributed by atoms with Crippen LogP contribution in [0.4, 0.5) is 0 Å². The Hall–Kier alpha value is 0.250. The van der Waals surface area contributed by atoms with Crippen molar-refractivity contribution in [3.05, 3.63) is 0 Å². The highest BCUT2D eigenvalue weighted by molar-refractivity contribution is 6.18. The Morgan fingerprint density at radius 1 is 1.31 bits per heavy atom. The third-order valence-electron chi connectivity index (χ3n) is 3.21. The SMILES string of the molecule is CCCCN1CCC(C)(CCl)CC1. The number of likely N-dealkylation sites (tertiary alicyclic amines) is 1. The van der Waals surface area contributed by atoms with E-state index < -0.39 is 0 Å². The van der Waals surface area contributed by atoms with E-state index in [9.17, 15) is 0 Å². The third-order valence-corrected chi connectivity index (χ3v) is 3.86. The van der Waals surface area contributed by atoms with Crippen molar-refractivity contribution in [3.63, 3.8) is 0 Å². The topological polar surface area (TPSA) is 3.24 Å². The van der Waals surface area contributed by atoms with Crippen LogP contribution in [-0.2, 0) is 0 Å². The molecular formula is C11H22ClN. The highest BCUT2D eigenvalue weighted by Crippen LogP contribution is 2.31. The number of piperidine rings is 1. The number of nitrogens with zero attached hydrogens (tertiary/aromatic N) is 1. The van der Waals surface area contributed by atoms with Crippen LogP contribution >= 0.6 is 11.6 Å². The fourth-order valence-electron chi connectivity index (χ4n) is 1.83. The minimum atomic E-state index is 0.421. The molecule has 0 aliphatic carbocycles. The van der Waals surface area contributed by atoms with Crippen LogP contribution < -0.4 is 0 Å². The van der Waals surface area contributed by atoms with Crippen LogP contribution in [0.2, 0.25) is 0 Å². The van der Waals surface area contributed by atoms with Crippen molar-refractivity contribution in [1.29, 1.82) is 0 Å². The van der Waals surface area contributed by atoms with E-state index in [2.05, 4.69) is 18.7 Å². The molecule has 0 aromatic rings. The maximum Gasteiger partial charge on any atom is 0.0278 e. The lowest BCUT2D eigenvalue weighted by Gasteiger charge is -2.38. The minimum absolute atomic E-state index is 0.421. The smallest absolute Gasteiger partial charge is 0.0278 e. The van der Waals surface area contributed by atoms with E-state index in [1.54, 1.807) is 0 Å². The van der Waals surface area contributed by atoms with E-state index >= 15 is 0 Å². The van der Waals surface area contributed by atoms with Crippen molar-refractivity contribution < 1.29 is 0 Å². The van der Waals surface area contributed by atoms with Gasteiger partial charge in [0.1, 0.15) is 0 Å². The first-order chi connectivity index (χ1) is 6.20. The van der Waals surface area contributed by atoms with Gasteiger partial charge < -0.3 is 4.90 Å². The standard InChI is InChI=1S/C11H22ClN/c1-3-4-7-13-8-5-11(2,10-12)6-9-13/h3-10H2,1-2H3. The molecule has 0 unspecified atom stereocenters. The number of alkyl halides is 1. The molecule has 1 saturated heterocycles. The second-order valence-electron chi connectivity index (χ2n) is 4.64. The summed E-state index contributed by atoms with van der Waals surface area (Å²) in [6, 6.07) is 0. The van der Waals surface area contributed by atoms with Crippen LogP contribution in [0.3, 0.4) is 0 Å². The van der Waals surface area contributed by atoms with Crippen molar-refractivity contribution in [2.24, 2.45) is 5.41 Å². The summed E-state index contributed by atoms with van der Waals surface area (Å²) in [5.74, 6) is 0.828. The summed E-state index contributed by atoms with van der Waals surface area (Å²) in [7, 11) is 0. The first-order valence-corrected chi connectivity index (χ1v) is 6.02. The van der Waals surface area contributed by atoms with Gasteiger partial charge in [-0.05, 0) is 44.3 Å². The fourth-order valence-corrected chi connectivity index (χ4v) is 2.10. The van der Waals surface area contributed by atoms with Crippen LogP contribution in [0.1, 0.15) is 39.5 Å². The zero-order chi connectivity index (χ0) is 9.73. The number of halogens is 1. The molecule has 0 N–H and O–H groups in total. The summed E-state index contributed by atoms with van der Waals surface area (Å²) in [5.41, 5.74) is 0.421. The average molecular weight is 204 g/mol. The molecule has 0 radical (unpaired) electrons. The van der Waals surface area contributed by atoms with Gasteiger partial charge in [-0.3, -0.25) is 0 Å². The van der Waals surface area contributed by atoms with E-state index in [1.165, 1.54) is 45.3 Å². The molecule has 1 aliphatic heterocycles. The zero-order valence-electron chi connectivity index (χ0n) is 8.98. The Bertz CT molecular complexity index is 139. The summed E-state index contributed by atoms with van der Waals surface area (Å²) in [6.45, 7) is 8.37. The lowest BCUT2D eigenvalue weighted by Crippen LogP contribution is -2.39. The number of hydrogen-bond acceptors (Lipinski definition) is 1. The highest BCUT2D eigenvalue weighted by atomic mass is 35.5. The van der Waals surface area contributed by atoms with Crippen molar-refractivity contribution in [3.8, 4) is 0 Å². The first kappa shape index (κ1) is 11.3. The predicted octanol–water partition coefficient (Wildman–Crippen LogP) is 3.13. The molecule has 78 valence electrons.